The van der Waals surface area contributed by atoms with E-state index in [1.807, 2.05) is 12.1 Å². The van der Waals surface area contributed by atoms with E-state index >= 15 is 0 Å². The van der Waals surface area contributed by atoms with Gasteiger partial charge < -0.3 is 13.9 Å². The summed E-state index contributed by atoms with van der Waals surface area (Å²) in [7, 11) is 0. The largest absolute Gasteiger partial charge is 0.482 e. The summed E-state index contributed by atoms with van der Waals surface area (Å²) in [6.07, 6.45) is 0. The smallest absolute Gasteiger partial charge is 0.344 e. The van der Waals surface area contributed by atoms with Crippen molar-refractivity contribution < 1.29 is 28.3 Å². The van der Waals surface area contributed by atoms with Crippen LogP contribution >= 0.6 is 0 Å². The van der Waals surface area contributed by atoms with Gasteiger partial charge in [0.2, 0.25) is 5.78 Å². The molecule has 2 aromatic carbocycles. The molecule has 0 saturated carbocycles. The predicted molar refractivity (Wildman–Crippen MR) is 93.4 cm³/mol. The molecule has 0 spiro atoms. The Balaban J connectivity index is 1.48. The Morgan fingerprint density at radius 2 is 1.69 bits per heavy atom. The van der Waals surface area contributed by atoms with Gasteiger partial charge in [-0.1, -0.05) is 18.2 Å². The molecular weight excluding hydrogens is 336 g/mol. The van der Waals surface area contributed by atoms with Gasteiger partial charge in [0.05, 0.1) is 0 Å². The average molecular weight is 352 g/mol. The van der Waals surface area contributed by atoms with Crippen LogP contribution in [0.25, 0.3) is 11.0 Å². The highest BCUT2D eigenvalue weighted by molar-refractivity contribution is 5.99. The molecule has 1 heterocycles. The molecule has 0 aliphatic rings. The van der Waals surface area contributed by atoms with Gasteiger partial charge in [-0.15, -0.1) is 0 Å². The number of fused-ring (bicyclic) bond motifs is 1. The molecule has 6 nitrogen and oxygen atoms in total. The van der Waals surface area contributed by atoms with Gasteiger partial charge in [-0.3, -0.25) is 9.59 Å². The second-order valence-corrected chi connectivity index (χ2v) is 5.60. The van der Waals surface area contributed by atoms with Crippen LogP contribution in [0.4, 0.5) is 0 Å². The molecule has 0 aliphatic carbocycles. The van der Waals surface area contributed by atoms with E-state index in [1.165, 1.54) is 6.92 Å². The molecule has 0 atom stereocenters. The number of benzene rings is 2. The zero-order chi connectivity index (χ0) is 18.5. The van der Waals surface area contributed by atoms with E-state index in [0.29, 0.717) is 16.9 Å². The van der Waals surface area contributed by atoms with Crippen LogP contribution in [-0.4, -0.2) is 30.7 Å². The quantitative estimate of drug-likeness (QED) is 0.478. The van der Waals surface area contributed by atoms with Crippen molar-refractivity contribution in [2.75, 3.05) is 13.2 Å². The second kappa shape index (κ2) is 7.65. The second-order valence-electron chi connectivity index (χ2n) is 5.60. The molecule has 0 unspecified atom stereocenters. The SMILES string of the molecule is CC(=O)c1ccc(OCC(=O)OCC(=O)c2cc3ccccc3o2)cc1. The fraction of sp³-hybridized carbons (Fsp3) is 0.150. The molecule has 0 aliphatic heterocycles. The maximum Gasteiger partial charge on any atom is 0.344 e. The molecule has 1 aromatic heterocycles. The van der Waals surface area contributed by atoms with E-state index in [0.717, 1.165) is 5.39 Å². The maximum atomic E-state index is 12.1. The zero-order valence-electron chi connectivity index (χ0n) is 14.1. The van der Waals surface area contributed by atoms with E-state index < -0.39 is 18.4 Å². The summed E-state index contributed by atoms with van der Waals surface area (Å²) < 4.78 is 15.6. The van der Waals surface area contributed by atoms with E-state index in [9.17, 15) is 14.4 Å². The van der Waals surface area contributed by atoms with E-state index in [-0.39, 0.29) is 18.2 Å². The van der Waals surface area contributed by atoms with Gasteiger partial charge in [0, 0.05) is 10.9 Å². The van der Waals surface area contributed by atoms with Crippen LogP contribution in [-0.2, 0) is 9.53 Å². The van der Waals surface area contributed by atoms with Crippen molar-refractivity contribution in [2.24, 2.45) is 0 Å². The lowest BCUT2D eigenvalue weighted by Crippen LogP contribution is -2.19. The van der Waals surface area contributed by atoms with E-state index in [2.05, 4.69) is 0 Å². The van der Waals surface area contributed by atoms with Crippen LogP contribution in [0.2, 0.25) is 0 Å². The molecule has 0 amide bonds. The molecule has 6 heteroatoms. The number of Topliss-reactive ketones (excluding diaryl/α,β-unsaturated/α-hetero) is 2. The minimum absolute atomic E-state index is 0.0555. The van der Waals surface area contributed by atoms with Crippen molar-refractivity contribution in [3.8, 4) is 5.75 Å². The standard InChI is InChI=1S/C20H16O6/c1-13(21)14-6-8-16(9-7-14)24-12-20(23)25-11-17(22)19-10-15-4-2-3-5-18(15)26-19/h2-10H,11-12H2,1H3. The van der Waals surface area contributed by atoms with Crippen molar-refractivity contribution in [3.05, 3.63) is 65.9 Å². The Morgan fingerprint density at radius 3 is 2.38 bits per heavy atom. The summed E-state index contributed by atoms with van der Waals surface area (Å²) in [5, 5.41) is 0.805. The Hall–Kier alpha value is -3.41. The van der Waals surface area contributed by atoms with Crippen molar-refractivity contribution in [1.82, 2.24) is 0 Å². The van der Waals surface area contributed by atoms with Gasteiger partial charge >= 0.3 is 5.97 Å². The lowest BCUT2D eigenvalue weighted by Gasteiger charge is -2.06. The highest BCUT2D eigenvalue weighted by atomic mass is 16.6. The third-order valence-corrected chi connectivity index (χ3v) is 3.68. The van der Waals surface area contributed by atoms with Crippen LogP contribution in [0, 0.1) is 0 Å². The summed E-state index contributed by atoms with van der Waals surface area (Å²) >= 11 is 0. The highest BCUT2D eigenvalue weighted by Gasteiger charge is 2.15. The number of hydrogen-bond acceptors (Lipinski definition) is 6. The van der Waals surface area contributed by atoms with Gasteiger partial charge in [-0.05, 0) is 43.3 Å². The molecule has 0 bridgehead atoms. The number of carbonyl (C=O) groups is 3. The first-order chi connectivity index (χ1) is 12.5. The summed E-state index contributed by atoms with van der Waals surface area (Å²) in [5.41, 5.74) is 1.15. The number of rotatable bonds is 7. The summed E-state index contributed by atoms with van der Waals surface area (Å²) in [6.45, 7) is 0.699. The summed E-state index contributed by atoms with van der Waals surface area (Å²) in [5.74, 6) is -0.596. The van der Waals surface area contributed by atoms with Gasteiger partial charge in [-0.25, -0.2) is 4.79 Å². The first kappa shape index (κ1) is 17.4. The number of carbonyl (C=O) groups excluding carboxylic acids is 3. The third kappa shape index (κ3) is 4.16. The van der Waals surface area contributed by atoms with Crippen LogP contribution in [0.5, 0.6) is 5.75 Å². The third-order valence-electron chi connectivity index (χ3n) is 3.68. The number of hydrogen-bond donors (Lipinski definition) is 0. The number of esters is 1. The fourth-order valence-electron chi connectivity index (χ4n) is 2.31. The minimum Gasteiger partial charge on any atom is -0.482 e. The van der Waals surface area contributed by atoms with Gasteiger partial charge in [-0.2, -0.15) is 0 Å². The van der Waals surface area contributed by atoms with Crippen molar-refractivity contribution in [1.29, 1.82) is 0 Å². The van der Waals surface area contributed by atoms with E-state index in [1.54, 1.807) is 42.5 Å². The minimum atomic E-state index is -0.676. The highest BCUT2D eigenvalue weighted by Crippen LogP contribution is 2.19. The van der Waals surface area contributed by atoms with Crippen molar-refractivity contribution in [2.45, 2.75) is 6.92 Å². The van der Waals surface area contributed by atoms with Crippen molar-refractivity contribution in [3.63, 3.8) is 0 Å². The predicted octanol–water partition coefficient (Wildman–Crippen LogP) is 3.44. The van der Waals surface area contributed by atoms with Gasteiger partial charge in [0.25, 0.3) is 0 Å². The normalized spacial score (nSPS) is 10.5. The Kier molecular flexibility index (Phi) is 5.12. The Morgan fingerprint density at radius 1 is 0.962 bits per heavy atom. The first-order valence-corrected chi connectivity index (χ1v) is 7.94. The zero-order valence-corrected chi connectivity index (χ0v) is 14.1. The topological polar surface area (TPSA) is 82.8 Å². The maximum absolute atomic E-state index is 12.1. The lowest BCUT2D eigenvalue weighted by molar-refractivity contribution is -0.144. The fourth-order valence-corrected chi connectivity index (χ4v) is 2.31. The molecule has 3 rings (SSSR count). The average Bonchev–Trinajstić information content (AvgIpc) is 3.09. The van der Waals surface area contributed by atoms with Gasteiger partial charge in [0.15, 0.2) is 24.8 Å². The molecule has 0 radical (unpaired) electrons. The summed E-state index contributed by atoms with van der Waals surface area (Å²) in [4.78, 5) is 35.0. The van der Waals surface area contributed by atoms with Gasteiger partial charge in [0.1, 0.15) is 11.3 Å². The molecule has 0 N–H and O–H groups in total. The van der Waals surface area contributed by atoms with E-state index in [4.69, 9.17) is 13.9 Å². The van der Waals surface area contributed by atoms with Crippen LogP contribution in [0.1, 0.15) is 27.8 Å². The first-order valence-electron chi connectivity index (χ1n) is 7.94. The number of para-hydroxylation sites is 1. The van der Waals surface area contributed by atoms with Crippen molar-refractivity contribution >= 4 is 28.5 Å². The molecule has 132 valence electrons. The monoisotopic (exact) mass is 352 g/mol. The molecule has 0 saturated heterocycles. The van der Waals surface area contributed by atoms with Crippen LogP contribution in [0.3, 0.4) is 0 Å². The Bertz CT molecular complexity index is 919. The summed E-state index contributed by atoms with van der Waals surface area (Å²) in [6, 6.07) is 15.2. The lowest BCUT2D eigenvalue weighted by atomic mass is 10.1. The number of ketones is 2. The van der Waals surface area contributed by atoms with Crippen LogP contribution < -0.4 is 4.74 Å². The molecular formula is C20H16O6. The number of ether oxygens (including phenoxy) is 2. The molecule has 3 aromatic rings. The number of furan rings is 1. The molecule has 26 heavy (non-hydrogen) atoms. The Labute approximate surface area is 149 Å². The molecule has 0 fully saturated rings. The van der Waals surface area contributed by atoms with Crippen LogP contribution in [0.15, 0.2) is 59.0 Å².